The number of non-ortho nitro benzene ring substituents is 1. The predicted octanol–water partition coefficient (Wildman–Crippen LogP) is 3.77. The van der Waals surface area contributed by atoms with Crippen molar-refractivity contribution >= 4 is 17.6 Å². The molecule has 10 heteroatoms. The number of carbonyl (C=O) groups is 2. The van der Waals surface area contributed by atoms with E-state index in [0.717, 1.165) is 44.8 Å². The molecule has 2 aliphatic rings. The molecule has 1 fully saturated rings. The fourth-order valence-corrected chi connectivity index (χ4v) is 5.27. The number of carbonyl (C=O) groups excluding carboxylic acids is 2. The van der Waals surface area contributed by atoms with Crippen LogP contribution in [0.15, 0.2) is 59.0 Å². The second kappa shape index (κ2) is 12.6. The van der Waals surface area contributed by atoms with Crippen molar-refractivity contribution < 1.29 is 24.0 Å². The molecular formula is C29H40N4O6. The molecule has 0 amide bonds. The summed E-state index contributed by atoms with van der Waals surface area (Å²) in [5.41, 5.74) is 2.60. The molecule has 212 valence electrons. The van der Waals surface area contributed by atoms with Crippen molar-refractivity contribution in [1.29, 1.82) is 0 Å². The van der Waals surface area contributed by atoms with E-state index in [1.54, 1.807) is 19.9 Å². The first-order chi connectivity index (χ1) is 18.3. The van der Waals surface area contributed by atoms with Crippen LogP contribution in [0, 0.1) is 15.5 Å². The van der Waals surface area contributed by atoms with Gasteiger partial charge in [-0.3, -0.25) is 15.0 Å². The minimum Gasteiger partial charge on any atom is -0.466 e. The molecule has 0 aliphatic carbocycles. The second-order valence-electron chi connectivity index (χ2n) is 11.2. The summed E-state index contributed by atoms with van der Waals surface area (Å²) in [6.07, 6.45) is 0. The molecule has 2 aliphatic heterocycles. The summed E-state index contributed by atoms with van der Waals surface area (Å²) in [4.78, 5) is 42.2. The number of rotatable bonds is 10. The molecule has 1 N–H and O–H groups in total. The first-order valence-electron chi connectivity index (χ1n) is 13.1. The maximum Gasteiger partial charge on any atom is 0.336 e. The van der Waals surface area contributed by atoms with Gasteiger partial charge in [-0.25, -0.2) is 9.59 Å². The van der Waals surface area contributed by atoms with E-state index >= 15 is 0 Å². The Morgan fingerprint density at radius 2 is 1.69 bits per heavy atom. The summed E-state index contributed by atoms with van der Waals surface area (Å²) >= 11 is 0. The number of piperazine rings is 1. The third-order valence-electron chi connectivity index (χ3n) is 7.00. The fourth-order valence-electron chi connectivity index (χ4n) is 5.27. The van der Waals surface area contributed by atoms with Crippen molar-refractivity contribution in [3.8, 4) is 0 Å². The highest BCUT2D eigenvalue weighted by Gasteiger charge is 2.39. The highest BCUT2D eigenvalue weighted by molar-refractivity contribution is 5.99. The Morgan fingerprint density at radius 3 is 2.26 bits per heavy atom. The Balaban J connectivity index is 1.79. The summed E-state index contributed by atoms with van der Waals surface area (Å²) in [5.74, 6) is -2.08. The molecule has 1 aromatic carbocycles. The summed E-state index contributed by atoms with van der Waals surface area (Å²) in [7, 11) is 1.26. The van der Waals surface area contributed by atoms with Gasteiger partial charge >= 0.3 is 11.9 Å². The third-order valence-corrected chi connectivity index (χ3v) is 7.00. The molecule has 0 aromatic heterocycles. The van der Waals surface area contributed by atoms with Crippen molar-refractivity contribution in [2.24, 2.45) is 5.41 Å². The van der Waals surface area contributed by atoms with Crippen LogP contribution in [-0.4, -0.2) is 79.6 Å². The Hall–Kier alpha value is -3.50. The number of esters is 2. The largest absolute Gasteiger partial charge is 0.466 e. The summed E-state index contributed by atoms with van der Waals surface area (Å²) < 4.78 is 10.9. The highest BCUT2D eigenvalue weighted by Crippen LogP contribution is 2.40. The van der Waals surface area contributed by atoms with Crippen molar-refractivity contribution in [2.45, 2.75) is 40.5 Å². The van der Waals surface area contributed by atoms with E-state index in [1.165, 1.54) is 25.3 Å². The van der Waals surface area contributed by atoms with E-state index < -0.39 is 22.8 Å². The fraction of sp³-hybridized carbons (Fsp3) is 0.517. The Kier molecular flexibility index (Phi) is 9.68. The van der Waals surface area contributed by atoms with E-state index in [1.807, 2.05) is 6.92 Å². The normalized spacial score (nSPS) is 19.0. The van der Waals surface area contributed by atoms with Gasteiger partial charge in [-0.05, 0) is 26.3 Å². The van der Waals surface area contributed by atoms with Crippen LogP contribution in [0.3, 0.4) is 0 Å². The monoisotopic (exact) mass is 540 g/mol. The van der Waals surface area contributed by atoms with Crippen LogP contribution in [-0.2, 0) is 19.1 Å². The molecule has 2 heterocycles. The average Bonchev–Trinajstić information content (AvgIpc) is 2.87. The molecule has 0 radical (unpaired) electrons. The maximum absolute atomic E-state index is 13.6. The van der Waals surface area contributed by atoms with Crippen LogP contribution in [0.25, 0.3) is 0 Å². The summed E-state index contributed by atoms with van der Waals surface area (Å²) in [6.45, 7) is 19.2. The zero-order valence-corrected chi connectivity index (χ0v) is 23.8. The van der Waals surface area contributed by atoms with Gasteiger partial charge in [-0.15, -0.1) is 0 Å². The molecule has 1 saturated heterocycles. The van der Waals surface area contributed by atoms with E-state index in [2.05, 4.69) is 35.5 Å². The first-order valence-corrected chi connectivity index (χ1v) is 13.1. The molecule has 10 nitrogen and oxygen atoms in total. The molecule has 1 aromatic rings. The molecule has 0 bridgehead atoms. The van der Waals surface area contributed by atoms with Gasteiger partial charge in [-0.2, -0.15) is 0 Å². The second-order valence-corrected chi connectivity index (χ2v) is 11.2. The number of hydrogen-bond donors (Lipinski definition) is 1. The van der Waals surface area contributed by atoms with Gasteiger partial charge in [0.25, 0.3) is 5.69 Å². The maximum atomic E-state index is 13.6. The summed E-state index contributed by atoms with van der Waals surface area (Å²) in [6, 6.07) is 5.95. The van der Waals surface area contributed by atoms with Crippen LogP contribution in [0.1, 0.15) is 46.1 Å². The molecule has 1 unspecified atom stereocenters. The number of nitro groups is 1. The predicted molar refractivity (Wildman–Crippen MR) is 149 cm³/mol. The van der Waals surface area contributed by atoms with Crippen LogP contribution in [0.5, 0.6) is 0 Å². The molecule has 3 rings (SSSR count). The van der Waals surface area contributed by atoms with Gasteiger partial charge < -0.3 is 19.7 Å². The van der Waals surface area contributed by atoms with Gasteiger partial charge in [-0.1, -0.05) is 38.1 Å². The Morgan fingerprint density at radius 1 is 1.10 bits per heavy atom. The van der Waals surface area contributed by atoms with Crippen LogP contribution >= 0.6 is 0 Å². The Bertz CT molecular complexity index is 1190. The number of methoxy groups -OCH3 is 1. The number of benzene rings is 1. The zero-order valence-electron chi connectivity index (χ0n) is 23.8. The van der Waals surface area contributed by atoms with Crippen LogP contribution in [0.2, 0.25) is 0 Å². The molecule has 0 spiro atoms. The van der Waals surface area contributed by atoms with Crippen molar-refractivity contribution in [3.63, 3.8) is 0 Å². The van der Waals surface area contributed by atoms with Crippen LogP contribution < -0.4 is 5.32 Å². The number of dihydropyridines is 1. The van der Waals surface area contributed by atoms with E-state index in [-0.39, 0.29) is 28.9 Å². The van der Waals surface area contributed by atoms with E-state index in [4.69, 9.17) is 9.47 Å². The number of nitro benzene ring substituents is 1. The number of nitrogens with zero attached hydrogens (tertiary/aromatic N) is 3. The number of allylic oxidation sites excluding steroid dienone is 2. The van der Waals surface area contributed by atoms with Crippen molar-refractivity contribution in [2.75, 3.05) is 53.0 Å². The lowest BCUT2D eigenvalue weighted by atomic mass is 9.80. The van der Waals surface area contributed by atoms with Gasteiger partial charge in [0.2, 0.25) is 0 Å². The molecule has 0 saturated carbocycles. The SMILES string of the molecule is C=C(C)CN1CCN(CC(C)(C)COC(=O)C2=C(C)NC(C)=C(C(=O)OC)C2c2cccc([N+](=O)[O-])c2)CC1. The number of hydrogen-bond acceptors (Lipinski definition) is 9. The quantitative estimate of drug-likeness (QED) is 0.205. The minimum absolute atomic E-state index is 0.136. The lowest BCUT2D eigenvalue weighted by molar-refractivity contribution is -0.384. The van der Waals surface area contributed by atoms with Gasteiger partial charge in [0, 0.05) is 68.2 Å². The first kappa shape index (κ1) is 30.0. The van der Waals surface area contributed by atoms with Crippen molar-refractivity contribution in [1.82, 2.24) is 15.1 Å². The van der Waals surface area contributed by atoms with E-state index in [9.17, 15) is 19.7 Å². The number of ether oxygens (including phenoxy) is 2. The molecular weight excluding hydrogens is 500 g/mol. The lowest BCUT2D eigenvalue weighted by Gasteiger charge is -2.39. The minimum atomic E-state index is -0.879. The lowest BCUT2D eigenvalue weighted by Crippen LogP contribution is -2.50. The highest BCUT2D eigenvalue weighted by atomic mass is 16.6. The van der Waals surface area contributed by atoms with Crippen molar-refractivity contribution in [3.05, 3.63) is 74.6 Å². The average molecular weight is 541 g/mol. The Labute approximate surface area is 230 Å². The zero-order chi connectivity index (χ0) is 28.9. The number of nitrogens with one attached hydrogen (secondary N) is 1. The van der Waals surface area contributed by atoms with Gasteiger partial charge in [0.1, 0.15) is 0 Å². The van der Waals surface area contributed by atoms with Gasteiger partial charge in [0.15, 0.2) is 0 Å². The smallest absolute Gasteiger partial charge is 0.336 e. The summed E-state index contributed by atoms with van der Waals surface area (Å²) in [5, 5.41) is 14.6. The molecule has 1 atom stereocenters. The van der Waals surface area contributed by atoms with Gasteiger partial charge in [0.05, 0.1) is 35.7 Å². The van der Waals surface area contributed by atoms with Crippen LogP contribution in [0.4, 0.5) is 5.69 Å². The standard InChI is InChI=1S/C29H40N4O6/c1-19(2)16-31-11-13-32(14-12-31)17-29(5,6)18-39-28(35)25-21(4)30-20(3)24(27(34)38-7)26(25)22-9-8-10-23(15-22)33(36)37/h8-10,15,26,30H,1,11-14,16-18H2,2-7H3. The van der Waals surface area contributed by atoms with E-state index in [0.29, 0.717) is 17.0 Å². The molecule has 39 heavy (non-hydrogen) atoms. The topological polar surface area (TPSA) is 114 Å². The third kappa shape index (κ3) is 7.54.